The molecule has 0 saturated carbocycles. The standard InChI is InChI=1S/C15H19F2NO4S/c1-22-9-8-18(13-7-10-23(20,21)11-13)14(19)15(16,17)12-5-3-2-4-6-12/h2-6,13H,7-11H2,1H3. The number of carbonyl (C=O) groups is 1. The van der Waals surface area contributed by atoms with E-state index in [1.54, 1.807) is 6.07 Å². The van der Waals surface area contributed by atoms with Crippen molar-refractivity contribution in [2.75, 3.05) is 31.8 Å². The molecule has 1 saturated heterocycles. The van der Waals surface area contributed by atoms with Crippen LogP contribution in [0.1, 0.15) is 12.0 Å². The number of hydrogen-bond donors (Lipinski definition) is 0. The number of carbonyl (C=O) groups excluding carboxylic acids is 1. The van der Waals surface area contributed by atoms with Gasteiger partial charge in [-0.25, -0.2) is 8.42 Å². The number of nitrogens with zero attached hydrogens (tertiary/aromatic N) is 1. The maximum Gasteiger partial charge on any atom is 0.349 e. The predicted octanol–water partition coefficient (Wildman–Crippen LogP) is 1.44. The van der Waals surface area contributed by atoms with Crippen LogP contribution in [0.4, 0.5) is 8.78 Å². The molecule has 1 heterocycles. The molecule has 0 bridgehead atoms. The molecule has 23 heavy (non-hydrogen) atoms. The van der Waals surface area contributed by atoms with Crippen LogP contribution < -0.4 is 0 Å². The third-order valence-electron chi connectivity index (χ3n) is 3.85. The van der Waals surface area contributed by atoms with Gasteiger partial charge in [0.2, 0.25) is 0 Å². The van der Waals surface area contributed by atoms with Crippen LogP contribution in [0.2, 0.25) is 0 Å². The molecule has 0 spiro atoms. The number of rotatable bonds is 6. The van der Waals surface area contributed by atoms with Crippen molar-refractivity contribution in [2.45, 2.75) is 18.4 Å². The second-order valence-electron chi connectivity index (χ2n) is 5.49. The number of halogens is 2. The topological polar surface area (TPSA) is 63.7 Å². The number of methoxy groups -OCH3 is 1. The molecule has 0 N–H and O–H groups in total. The Hall–Kier alpha value is -1.54. The Kier molecular flexibility index (Phi) is 5.36. The molecule has 2 rings (SSSR count). The molecule has 0 radical (unpaired) electrons. The van der Waals surface area contributed by atoms with Gasteiger partial charge < -0.3 is 9.64 Å². The Labute approximate surface area is 134 Å². The van der Waals surface area contributed by atoms with Crippen molar-refractivity contribution in [3.05, 3.63) is 35.9 Å². The first-order valence-electron chi connectivity index (χ1n) is 7.21. The minimum atomic E-state index is -3.71. The lowest BCUT2D eigenvalue weighted by atomic mass is 10.1. The summed E-state index contributed by atoms with van der Waals surface area (Å²) in [6.45, 7) is -0.00883. The summed E-state index contributed by atoms with van der Waals surface area (Å²) in [6.07, 6.45) is 0.169. The van der Waals surface area contributed by atoms with E-state index in [4.69, 9.17) is 4.74 Å². The molecule has 5 nitrogen and oxygen atoms in total. The van der Waals surface area contributed by atoms with E-state index in [0.717, 1.165) is 4.90 Å². The second-order valence-corrected chi connectivity index (χ2v) is 7.72. The van der Waals surface area contributed by atoms with Gasteiger partial charge in [0.1, 0.15) is 0 Å². The molecule has 1 atom stereocenters. The van der Waals surface area contributed by atoms with E-state index < -0.39 is 33.3 Å². The fourth-order valence-corrected chi connectivity index (χ4v) is 4.34. The van der Waals surface area contributed by atoms with Crippen LogP contribution in [0.3, 0.4) is 0 Å². The monoisotopic (exact) mass is 347 g/mol. The van der Waals surface area contributed by atoms with Crippen molar-refractivity contribution in [2.24, 2.45) is 0 Å². The lowest BCUT2D eigenvalue weighted by Gasteiger charge is -2.31. The molecular formula is C15H19F2NO4S. The highest BCUT2D eigenvalue weighted by Crippen LogP contribution is 2.32. The lowest BCUT2D eigenvalue weighted by Crippen LogP contribution is -2.49. The summed E-state index contributed by atoms with van der Waals surface area (Å²) in [6, 6.07) is 6.05. The molecule has 1 aliphatic heterocycles. The van der Waals surface area contributed by atoms with Gasteiger partial charge in [-0.1, -0.05) is 30.3 Å². The Morgan fingerprint density at radius 3 is 2.52 bits per heavy atom. The highest BCUT2D eigenvalue weighted by Gasteiger charge is 2.47. The third-order valence-corrected chi connectivity index (χ3v) is 5.60. The molecule has 8 heteroatoms. The molecule has 0 aliphatic carbocycles. The second kappa shape index (κ2) is 6.92. The molecule has 1 aromatic rings. The first-order valence-corrected chi connectivity index (χ1v) is 9.04. The molecule has 1 fully saturated rings. The first kappa shape index (κ1) is 17.8. The molecule has 1 aliphatic rings. The van der Waals surface area contributed by atoms with Crippen LogP contribution in [-0.4, -0.2) is 57.0 Å². The molecule has 1 aromatic carbocycles. The number of hydrogen-bond acceptors (Lipinski definition) is 4. The average molecular weight is 347 g/mol. The van der Waals surface area contributed by atoms with Gasteiger partial charge in [0.05, 0.1) is 18.1 Å². The smallest absolute Gasteiger partial charge is 0.349 e. The van der Waals surface area contributed by atoms with Crippen LogP contribution in [0.5, 0.6) is 0 Å². The van der Waals surface area contributed by atoms with E-state index in [0.29, 0.717) is 0 Å². The number of sulfone groups is 1. The summed E-state index contributed by atoms with van der Waals surface area (Å²) in [7, 11) is -1.90. The van der Waals surface area contributed by atoms with Crippen LogP contribution in [-0.2, 0) is 25.3 Å². The van der Waals surface area contributed by atoms with E-state index in [1.807, 2.05) is 0 Å². The molecular weight excluding hydrogens is 328 g/mol. The van der Waals surface area contributed by atoms with Gasteiger partial charge >= 0.3 is 5.92 Å². The van der Waals surface area contributed by atoms with Crippen molar-refractivity contribution in [1.29, 1.82) is 0 Å². The first-order chi connectivity index (χ1) is 10.8. The van der Waals surface area contributed by atoms with Gasteiger partial charge in [-0.05, 0) is 6.42 Å². The fraction of sp³-hybridized carbons (Fsp3) is 0.533. The van der Waals surface area contributed by atoms with E-state index in [-0.39, 0.29) is 31.1 Å². The van der Waals surface area contributed by atoms with E-state index in [1.165, 1.54) is 31.4 Å². The van der Waals surface area contributed by atoms with Gasteiger partial charge in [0.15, 0.2) is 9.84 Å². The largest absolute Gasteiger partial charge is 0.383 e. The summed E-state index contributed by atoms with van der Waals surface area (Å²) in [5.74, 6) is -5.47. The Bertz CT molecular complexity index is 649. The molecule has 1 unspecified atom stereocenters. The average Bonchev–Trinajstić information content (AvgIpc) is 2.88. The lowest BCUT2D eigenvalue weighted by molar-refractivity contribution is -0.161. The molecule has 1 amide bonds. The van der Waals surface area contributed by atoms with Gasteiger partial charge in [-0.3, -0.25) is 4.79 Å². The summed E-state index contributed by atoms with van der Waals surface area (Å²) in [5.41, 5.74) is -0.409. The zero-order chi connectivity index (χ0) is 17.1. The molecule has 128 valence electrons. The van der Waals surface area contributed by atoms with Crippen molar-refractivity contribution in [3.63, 3.8) is 0 Å². The summed E-state index contributed by atoms with van der Waals surface area (Å²) < 4.78 is 57.1. The van der Waals surface area contributed by atoms with Crippen molar-refractivity contribution in [1.82, 2.24) is 4.90 Å². The Morgan fingerprint density at radius 2 is 2.00 bits per heavy atom. The fourth-order valence-electron chi connectivity index (χ4n) is 2.61. The van der Waals surface area contributed by atoms with Crippen LogP contribution in [0.25, 0.3) is 0 Å². The van der Waals surface area contributed by atoms with Crippen LogP contribution in [0.15, 0.2) is 30.3 Å². The Balaban J connectivity index is 2.26. The molecule has 0 aromatic heterocycles. The van der Waals surface area contributed by atoms with Crippen LogP contribution in [0, 0.1) is 0 Å². The van der Waals surface area contributed by atoms with Crippen molar-refractivity contribution >= 4 is 15.7 Å². The minimum Gasteiger partial charge on any atom is -0.383 e. The van der Waals surface area contributed by atoms with Crippen molar-refractivity contribution in [3.8, 4) is 0 Å². The van der Waals surface area contributed by atoms with Crippen LogP contribution >= 0.6 is 0 Å². The van der Waals surface area contributed by atoms with E-state index in [2.05, 4.69) is 0 Å². The number of ether oxygens (including phenoxy) is 1. The minimum absolute atomic E-state index is 0.0627. The predicted molar refractivity (Wildman–Crippen MR) is 81.0 cm³/mol. The zero-order valence-electron chi connectivity index (χ0n) is 12.7. The number of amides is 1. The van der Waals surface area contributed by atoms with Gasteiger partial charge in [0, 0.05) is 25.3 Å². The zero-order valence-corrected chi connectivity index (χ0v) is 13.6. The highest BCUT2D eigenvalue weighted by molar-refractivity contribution is 7.91. The summed E-state index contributed by atoms with van der Waals surface area (Å²) in [4.78, 5) is 13.3. The highest BCUT2D eigenvalue weighted by atomic mass is 32.2. The number of alkyl halides is 2. The maximum atomic E-state index is 14.5. The summed E-state index contributed by atoms with van der Waals surface area (Å²) in [5, 5.41) is 0. The quantitative estimate of drug-likeness (QED) is 0.781. The van der Waals surface area contributed by atoms with Gasteiger partial charge in [-0.2, -0.15) is 8.78 Å². The summed E-state index contributed by atoms with van der Waals surface area (Å²) >= 11 is 0. The van der Waals surface area contributed by atoms with Crippen molar-refractivity contribution < 1.29 is 26.7 Å². The number of benzene rings is 1. The SMILES string of the molecule is COCCN(C(=O)C(F)(F)c1ccccc1)C1CCS(=O)(=O)C1. The van der Waals surface area contributed by atoms with Gasteiger partial charge in [0.25, 0.3) is 5.91 Å². The normalized spacial score (nSPS) is 20.4. The maximum absolute atomic E-state index is 14.5. The van der Waals surface area contributed by atoms with E-state index in [9.17, 15) is 22.0 Å². The Morgan fingerprint density at radius 1 is 1.35 bits per heavy atom. The van der Waals surface area contributed by atoms with Gasteiger partial charge in [-0.15, -0.1) is 0 Å². The third kappa shape index (κ3) is 4.06. The van der Waals surface area contributed by atoms with E-state index >= 15 is 0 Å².